The molecule has 0 unspecified atom stereocenters. The molecule has 0 atom stereocenters. The molecule has 2 heterocycles. The predicted octanol–water partition coefficient (Wildman–Crippen LogP) is 0.966. The Bertz CT molecular complexity index is 539. The molecule has 0 bridgehead atoms. The van der Waals surface area contributed by atoms with E-state index in [4.69, 9.17) is 19.7 Å². The van der Waals surface area contributed by atoms with E-state index in [0.717, 1.165) is 11.3 Å². The van der Waals surface area contributed by atoms with E-state index in [2.05, 4.69) is 10.1 Å². The van der Waals surface area contributed by atoms with Crippen molar-refractivity contribution in [2.45, 2.75) is 6.54 Å². The maximum Gasteiger partial charge on any atom is 0.258 e. The van der Waals surface area contributed by atoms with Gasteiger partial charge in [-0.25, -0.2) is 0 Å². The number of fused-ring (bicyclic) bond motifs is 1. The van der Waals surface area contributed by atoms with Crippen molar-refractivity contribution in [1.82, 2.24) is 10.1 Å². The first-order valence-electron chi connectivity index (χ1n) is 5.29. The lowest BCUT2D eigenvalue weighted by atomic mass is 10.2. The summed E-state index contributed by atoms with van der Waals surface area (Å²) in [5.41, 5.74) is 6.22. The topological polar surface area (TPSA) is 83.4 Å². The third-order valence-corrected chi connectivity index (χ3v) is 2.44. The van der Waals surface area contributed by atoms with E-state index in [0.29, 0.717) is 30.7 Å². The Morgan fingerprint density at radius 1 is 1.18 bits per heavy atom. The van der Waals surface area contributed by atoms with E-state index >= 15 is 0 Å². The third kappa shape index (κ3) is 1.83. The second kappa shape index (κ2) is 4.06. The van der Waals surface area contributed by atoms with Crippen molar-refractivity contribution in [2.75, 3.05) is 13.2 Å². The van der Waals surface area contributed by atoms with Crippen LogP contribution in [0.25, 0.3) is 11.5 Å². The zero-order valence-corrected chi connectivity index (χ0v) is 9.05. The van der Waals surface area contributed by atoms with Crippen LogP contribution in [0.1, 0.15) is 5.82 Å². The molecule has 1 aliphatic heterocycles. The molecule has 0 fully saturated rings. The molecule has 0 saturated carbocycles. The standard InChI is InChI=1S/C11H11N3O3/c12-6-10-13-11(17-14-10)7-1-2-8-9(5-7)16-4-3-15-8/h1-2,5H,3-4,6,12H2. The van der Waals surface area contributed by atoms with Gasteiger partial charge in [0.25, 0.3) is 5.89 Å². The molecule has 1 aromatic heterocycles. The van der Waals surface area contributed by atoms with E-state index < -0.39 is 0 Å². The van der Waals surface area contributed by atoms with Gasteiger partial charge in [0, 0.05) is 5.56 Å². The Morgan fingerprint density at radius 2 is 2.00 bits per heavy atom. The highest BCUT2D eigenvalue weighted by atomic mass is 16.6. The van der Waals surface area contributed by atoms with Crippen LogP contribution >= 0.6 is 0 Å². The molecule has 0 amide bonds. The van der Waals surface area contributed by atoms with Crippen molar-refractivity contribution in [3.63, 3.8) is 0 Å². The highest BCUT2D eigenvalue weighted by molar-refractivity contribution is 5.60. The van der Waals surface area contributed by atoms with Gasteiger partial charge in [-0.15, -0.1) is 0 Å². The number of nitrogens with zero attached hydrogens (tertiary/aromatic N) is 2. The lowest BCUT2D eigenvalue weighted by Crippen LogP contribution is -2.15. The van der Waals surface area contributed by atoms with Gasteiger partial charge in [-0.2, -0.15) is 4.98 Å². The van der Waals surface area contributed by atoms with Crippen LogP contribution in [0.2, 0.25) is 0 Å². The molecule has 0 radical (unpaired) electrons. The second-order valence-corrected chi connectivity index (χ2v) is 3.58. The van der Waals surface area contributed by atoms with Crippen molar-refractivity contribution in [2.24, 2.45) is 5.73 Å². The molecule has 88 valence electrons. The van der Waals surface area contributed by atoms with Gasteiger partial charge in [0.15, 0.2) is 17.3 Å². The number of rotatable bonds is 2. The van der Waals surface area contributed by atoms with Gasteiger partial charge in [0.2, 0.25) is 0 Å². The van der Waals surface area contributed by atoms with Crippen LogP contribution in [-0.2, 0) is 6.54 Å². The average Bonchev–Trinajstić information content (AvgIpc) is 2.87. The number of hydrogen-bond donors (Lipinski definition) is 1. The van der Waals surface area contributed by atoms with Crippen molar-refractivity contribution >= 4 is 0 Å². The Morgan fingerprint density at radius 3 is 2.76 bits per heavy atom. The van der Waals surface area contributed by atoms with Gasteiger partial charge in [-0.05, 0) is 18.2 Å². The first-order chi connectivity index (χ1) is 8.36. The quantitative estimate of drug-likeness (QED) is 0.832. The molecule has 0 spiro atoms. The lowest BCUT2D eigenvalue weighted by Gasteiger charge is -2.18. The normalized spacial score (nSPS) is 13.7. The Hall–Kier alpha value is -2.08. The molecule has 0 saturated heterocycles. The van der Waals surface area contributed by atoms with E-state index in [-0.39, 0.29) is 6.54 Å². The summed E-state index contributed by atoms with van der Waals surface area (Å²) in [6, 6.07) is 5.50. The van der Waals surface area contributed by atoms with Gasteiger partial charge >= 0.3 is 0 Å². The summed E-state index contributed by atoms with van der Waals surface area (Å²) in [5, 5.41) is 3.74. The van der Waals surface area contributed by atoms with E-state index in [1.165, 1.54) is 0 Å². The lowest BCUT2D eigenvalue weighted by molar-refractivity contribution is 0.171. The first kappa shape index (κ1) is 10.1. The molecule has 0 aliphatic carbocycles. The monoisotopic (exact) mass is 233 g/mol. The van der Waals surface area contributed by atoms with Gasteiger partial charge in [-0.3, -0.25) is 0 Å². The molecule has 1 aliphatic rings. The number of ether oxygens (including phenoxy) is 2. The van der Waals surface area contributed by atoms with Gasteiger partial charge < -0.3 is 19.7 Å². The fourth-order valence-corrected chi connectivity index (χ4v) is 1.63. The number of benzene rings is 1. The van der Waals surface area contributed by atoms with Crippen molar-refractivity contribution in [3.05, 3.63) is 24.0 Å². The number of aromatic nitrogens is 2. The fourth-order valence-electron chi connectivity index (χ4n) is 1.63. The van der Waals surface area contributed by atoms with E-state index in [1.54, 1.807) is 0 Å². The Labute approximate surface area is 97.3 Å². The summed E-state index contributed by atoms with van der Waals surface area (Å²) in [6.45, 7) is 1.38. The van der Waals surface area contributed by atoms with Crippen LogP contribution in [0.15, 0.2) is 22.7 Å². The predicted molar refractivity (Wildman–Crippen MR) is 58.6 cm³/mol. The molecule has 1 aromatic carbocycles. The van der Waals surface area contributed by atoms with Crippen molar-refractivity contribution in [1.29, 1.82) is 0 Å². The van der Waals surface area contributed by atoms with Gasteiger partial charge in [0.1, 0.15) is 13.2 Å². The minimum Gasteiger partial charge on any atom is -0.486 e. The van der Waals surface area contributed by atoms with E-state index in [9.17, 15) is 0 Å². The molecule has 6 nitrogen and oxygen atoms in total. The summed E-state index contributed by atoms with van der Waals surface area (Å²) >= 11 is 0. The van der Waals surface area contributed by atoms with Crippen LogP contribution < -0.4 is 15.2 Å². The highest BCUT2D eigenvalue weighted by Crippen LogP contribution is 2.33. The average molecular weight is 233 g/mol. The summed E-state index contributed by atoms with van der Waals surface area (Å²) in [5.74, 6) is 2.34. The van der Waals surface area contributed by atoms with Crippen LogP contribution in [0.3, 0.4) is 0 Å². The molecule has 2 aromatic rings. The zero-order chi connectivity index (χ0) is 11.7. The van der Waals surface area contributed by atoms with Crippen molar-refractivity contribution in [3.8, 4) is 23.0 Å². The maximum absolute atomic E-state index is 5.48. The van der Waals surface area contributed by atoms with Crippen LogP contribution in [0, 0.1) is 0 Å². The second-order valence-electron chi connectivity index (χ2n) is 3.58. The van der Waals surface area contributed by atoms with Crippen LogP contribution in [0.5, 0.6) is 11.5 Å². The molecular formula is C11H11N3O3. The summed E-state index contributed by atoms with van der Waals surface area (Å²) < 4.78 is 16.0. The minimum atomic E-state index is 0.258. The van der Waals surface area contributed by atoms with Crippen LogP contribution in [0.4, 0.5) is 0 Å². The molecule has 3 rings (SSSR count). The Balaban J connectivity index is 1.97. The summed E-state index contributed by atoms with van der Waals surface area (Å²) in [7, 11) is 0. The highest BCUT2D eigenvalue weighted by Gasteiger charge is 2.15. The van der Waals surface area contributed by atoms with Crippen LogP contribution in [-0.4, -0.2) is 23.4 Å². The number of hydrogen-bond acceptors (Lipinski definition) is 6. The first-order valence-corrected chi connectivity index (χ1v) is 5.29. The Kier molecular flexibility index (Phi) is 2.41. The number of nitrogens with two attached hydrogens (primary N) is 1. The van der Waals surface area contributed by atoms with Crippen molar-refractivity contribution < 1.29 is 14.0 Å². The van der Waals surface area contributed by atoms with E-state index in [1.807, 2.05) is 18.2 Å². The summed E-state index contributed by atoms with van der Waals surface area (Å²) in [6.07, 6.45) is 0. The molecular weight excluding hydrogens is 222 g/mol. The minimum absolute atomic E-state index is 0.258. The molecule has 2 N–H and O–H groups in total. The smallest absolute Gasteiger partial charge is 0.258 e. The maximum atomic E-state index is 5.48. The summed E-state index contributed by atoms with van der Waals surface area (Å²) in [4.78, 5) is 4.15. The zero-order valence-electron chi connectivity index (χ0n) is 9.05. The molecule has 17 heavy (non-hydrogen) atoms. The SMILES string of the molecule is NCc1noc(-c2ccc3c(c2)OCCO3)n1. The third-order valence-electron chi connectivity index (χ3n) is 2.44. The molecule has 6 heteroatoms. The van der Waals surface area contributed by atoms with Gasteiger partial charge in [0.05, 0.1) is 6.54 Å². The fraction of sp³-hybridized carbons (Fsp3) is 0.273. The van der Waals surface area contributed by atoms with Gasteiger partial charge in [-0.1, -0.05) is 5.16 Å². The largest absolute Gasteiger partial charge is 0.486 e.